The molecule has 2 aliphatic carbocycles. The largest absolute Gasteiger partial charge is 0.382 e. The predicted molar refractivity (Wildman–Crippen MR) is 84.4 cm³/mol. The van der Waals surface area contributed by atoms with Crippen molar-refractivity contribution >= 4 is 15.9 Å². The van der Waals surface area contributed by atoms with Gasteiger partial charge in [0.1, 0.15) is 0 Å². The molecule has 0 aliphatic heterocycles. The predicted octanol–water partition coefficient (Wildman–Crippen LogP) is 3.65. The summed E-state index contributed by atoms with van der Waals surface area (Å²) >= 11 is 3.74. The first-order chi connectivity index (χ1) is 9.58. The summed E-state index contributed by atoms with van der Waals surface area (Å²) in [6, 6.07) is 0. The molecule has 20 heavy (non-hydrogen) atoms. The molecule has 2 aliphatic rings. The normalized spacial score (nSPS) is 34.8. The van der Waals surface area contributed by atoms with E-state index in [4.69, 9.17) is 14.2 Å². The summed E-state index contributed by atoms with van der Waals surface area (Å²) in [6.07, 6.45) is 5.04. The molecule has 0 aromatic carbocycles. The molecule has 3 nitrogen and oxygen atoms in total. The van der Waals surface area contributed by atoms with Gasteiger partial charge >= 0.3 is 0 Å². The van der Waals surface area contributed by atoms with E-state index in [2.05, 4.69) is 29.8 Å². The molecule has 0 amide bonds. The van der Waals surface area contributed by atoms with E-state index >= 15 is 0 Å². The zero-order chi connectivity index (χ0) is 14.6. The third-order valence-electron chi connectivity index (χ3n) is 5.63. The average Bonchev–Trinajstić information content (AvgIpc) is 2.98. The van der Waals surface area contributed by atoms with Crippen LogP contribution in [0.2, 0.25) is 0 Å². The van der Waals surface area contributed by atoms with E-state index in [1.807, 2.05) is 0 Å². The highest BCUT2D eigenvalue weighted by atomic mass is 79.9. The summed E-state index contributed by atoms with van der Waals surface area (Å²) in [6.45, 7) is 7.70. The molecule has 2 saturated carbocycles. The third-order valence-corrected chi connectivity index (χ3v) is 6.46. The van der Waals surface area contributed by atoms with Crippen LogP contribution in [0, 0.1) is 17.3 Å². The third kappa shape index (κ3) is 2.94. The zero-order valence-electron chi connectivity index (χ0n) is 13.1. The van der Waals surface area contributed by atoms with Crippen LogP contribution < -0.4 is 0 Å². The van der Waals surface area contributed by atoms with Crippen LogP contribution >= 0.6 is 15.9 Å². The van der Waals surface area contributed by atoms with E-state index in [0.29, 0.717) is 13.2 Å². The fourth-order valence-electron chi connectivity index (χ4n) is 4.22. The van der Waals surface area contributed by atoms with Crippen molar-refractivity contribution in [1.29, 1.82) is 0 Å². The summed E-state index contributed by atoms with van der Waals surface area (Å²) in [5.41, 5.74) is 0.318. The minimum absolute atomic E-state index is 0.0302. The molecule has 2 fully saturated rings. The van der Waals surface area contributed by atoms with Crippen LogP contribution in [-0.4, -0.2) is 44.5 Å². The number of fused-ring (bicyclic) bond motifs is 2. The molecule has 118 valence electrons. The molecule has 0 aromatic heterocycles. The molecule has 0 heterocycles. The van der Waals surface area contributed by atoms with Gasteiger partial charge in [0.15, 0.2) is 0 Å². The van der Waals surface area contributed by atoms with Crippen molar-refractivity contribution < 1.29 is 14.2 Å². The molecule has 0 saturated heterocycles. The zero-order valence-corrected chi connectivity index (χ0v) is 14.7. The van der Waals surface area contributed by atoms with Crippen molar-refractivity contribution in [3.8, 4) is 0 Å². The van der Waals surface area contributed by atoms with Crippen LogP contribution in [-0.2, 0) is 14.2 Å². The van der Waals surface area contributed by atoms with Gasteiger partial charge in [0.05, 0.1) is 18.8 Å². The minimum Gasteiger partial charge on any atom is -0.382 e. The SMILES string of the molecule is COCCOCCCOC1(CBr)C2CCC(C2)C1(C)C. The maximum absolute atomic E-state index is 6.44. The maximum Gasteiger partial charge on any atom is 0.0860 e. The lowest BCUT2D eigenvalue weighted by Gasteiger charge is -2.48. The fourth-order valence-corrected chi connectivity index (χ4v) is 5.56. The lowest BCUT2D eigenvalue weighted by atomic mass is 9.66. The number of hydrogen-bond acceptors (Lipinski definition) is 3. The number of rotatable bonds is 9. The fraction of sp³-hybridized carbons (Fsp3) is 1.00. The van der Waals surface area contributed by atoms with Crippen molar-refractivity contribution in [2.24, 2.45) is 17.3 Å². The summed E-state index contributed by atoms with van der Waals surface area (Å²) in [4.78, 5) is 0. The Bertz CT molecular complexity index is 308. The molecule has 4 heteroatoms. The van der Waals surface area contributed by atoms with Gasteiger partial charge in [-0.25, -0.2) is 0 Å². The van der Waals surface area contributed by atoms with Crippen LogP contribution in [0.1, 0.15) is 39.5 Å². The second kappa shape index (κ2) is 7.08. The minimum atomic E-state index is 0.0302. The van der Waals surface area contributed by atoms with Gasteiger partial charge < -0.3 is 14.2 Å². The number of halogens is 1. The van der Waals surface area contributed by atoms with E-state index in [-0.39, 0.29) is 11.0 Å². The molecule has 0 radical (unpaired) electrons. The quantitative estimate of drug-likeness (QED) is 0.470. The van der Waals surface area contributed by atoms with Crippen molar-refractivity contribution in [3.05, 3.63) is 0 Å². The number of methoxy groups -OCH3 is 1. The van der Waals surface area contributed by atoms with E-state index < -0.39 is 0 Å². The van der Waals surface area contributed by atoms with E-state index in [9.17, 15) is 0 Å². The average molecular weight is 349 g/mol. The van der Waals surface area contributed by atoms with Gasteiger partial charge in [-0.1, -0.05) is 29.8 Å². The van der Waals surface area contributed by atoms with Crippen LogP contribution in [0.5, 0.6) is 0 Å². The van der Waals surface area contributed by atoms with Gasteiger partial charge in [0.2, 0.25) is 0 Å². The Morgan fingerprint density at radius 2 is 1.80 bits per heavy atom. The Kier molecular flexibility index (Phi) is 5.92. The second-order valence-corrected chi connectivity index (χ2v) is 7.32. The Morgan fingerprint density at radius 3 is 2.40 bits per heavy atom. The summed E-state index contributed by atoms with van der Waals surface area (Å²) in [5.74, 6) is 1.57. The Hall–Kier alpha value is 0.360. The first kappa shape index (κ1) is 16.7. The maximum atomic E-state index is 6.44. The monoisotopic (exact) mass is 348 g/mol. The molecule has 0 N–H and O–H groups in total. The van der Waals surface area contributed by atoms with Gasteiger partial charge in [-0.05, 0) is 42.9 Å². The molecule has 3 atom stereocenters. The first-order valence-corrected chi connectivity index (χ1v) is 8.97. The van der Waals surface area contributed by atoms with Crippen LogP contribution in [0.3, 0.4) is 0 Å². The highest BCUT2D eigenvalue weighted by Gasteiger charge is 2.63. The van der Waals surface area contributed by atoms with Crippen LogP contribution in [0.25, 0.3) is 0 Å². The number of hydrogen-bond donors (Lipinski definition) is 0. The highest BCUT2D eigenvalue weighted by Crippen LogP contribution is 2.63. The Morgan fingerprint density at radius 1 is 1.05 bits per heavy atom. The van der Waals surface area contributed by atoms with Gasteiger partial charge in [0, 0.05) is 25.7 Å². The van der Waals surface area contributed by atoms with Crippen molar-refractivity contribution in [1.82, 2.24) is 0 Å². The Labute approximate surface area is 131 Å². The number of alkyl halides is 1. The second-order valence-electron chi connectivity index (χ2n) is 6.76. The summed E-state index contributed by atoms with van der Waals surface area (Å²) in [5, 5.41) is 0.957. The molecule has 0 aromatic rings. The Balaban J connectivity index is 1.78. The highest BCUT2D eigenvalue weighted by molar-refractivity contribution is 9.09. The molecule has 2 bridgehead atoms. The molecule has 0 spiro atoms. The van der Waals surface area contributed by atoms with Crippen LogP contribution in [0.4, 0.5) is 0 Å². The summed E-state index contributed by atoms with van der Waals surface area (Å²) < 4.78 is 16.9. The number of ether oxygens (including phenoxy) is 3. The smallest absolute Gasteiger partial charge is 0.0860 e. The van der Waals surface area contributed by atoms with Crippen molar-refractivity contribution in [3.63, 3.8) is 0 Å². The van der Waals surface area contributed by atoms with E-state index in [1.165, 1.54) is 19.3 Å². The molecular formula is C16H29BrO3. The molecular weight excluding hydrogens is 320 g/mol. The topological polar surface area (TPSA) is 27.7 Å². The van der Waals surface area contributed by atoms with E-state index in [0.717, 1.165) is 36.8 Å². The first-order valence-electron chi connectivity index (χ1n) is 7.85. The summed E-state index contributed by atoms with van der Waals surface area (Å²) in [7, 11) is 1.70. The lowest BCUT2D eigenvalue weighted by molar-refractivity contribution is -0.140. The van der Waals surface area contributed by atoms with Crippen molar-refractivity contribution in [2.45, 2.75) is 45.1 Å². The van der Waals surface area contributed by atoms with Gasteiger partial charge in [-0.2, -0.15) is 0 Å². The van der Waals surface area contributed by atoms with Crippen molar-refractivity contribution in [2.75, 3.05) is 38.9 Å². The standard InChI is InChI=1S/C16H29BrO3/c1-15(2)13-5-6-14(11-13)16(15,12-17)20-8-4-7-19-10-9-18-3/h13-14H,4-12H2,1-3H3. The molecule has 2 rings (SSSR count). The lowest BCUT2D eigenvalue weighted by Crippen LogP contribution is -2.53. The van der Waals surface area contributed by atoms with Gasteiger partial charge in [-0.15, -0.1) is 0 Å². The van der Waals surface area contributed by atoms with Gasteiger partial charge in [0.25, 0.3) is 0 Å². The molecule has 3 unspecified atom stereocenters. The van der Waals surface area contributed by atoms with E-state index in [1.54, 1.807) is 7.11 Å². The van der Waals surface area contributed by atoms with Gasteiger partial charge in [-0.3, -0.25) is 0 Å². The van der Waals surface area contributed by atoms with Crippen LogP contribution in [0.15, 0.2) is 0 Å².